The van der Waals surface area contributed by atoms with Crippen LogP contribution in [-0.2, 0) is 21.9 Å². The van der Waals surface area contributed by atoms with E-state index in [1.165, 1.54) is 0 Å². The summed E-state index contributed by atoms with van der Waals surface area (Å²) in [5, 5.41) is 9.45. The fraction of sp³-hybridized carbons (Fsp3) is 0.357. The fourth-order valence-electron chi connectivity index (χ4n) is 2.79. The summed E-state index contributed by atoms with van der Waals surface area (Å²) in [5.41, 5.74) is 1.37. The Balaban J connectivity index is 1.85. The Labute approximate surface area is 134 Å². The van der Waals surface area contributed by atoms with Gasteiger partial charge in [0.05, 0.1) is 11.4 Å². The second-order valence-electron chi connectivity index (χ2n) is 5.63. The number of pyridine rings is 1. The summed E-state index contributed by atoms with van der Waals surface area (Å²) >= 11 is 0. The first kappa shape index (κ1) is 15.6. The van der Waals surface area contributed by atoms with E-state index in [1.807, 2.05) is 18.2 Å². The summed E-state index contributed by atoms with van der Waals surface area (Å²) in [6.45, 7) is 0.316. The topological polar surface area (TPSA) is 111 Å². The number of anilines is 1. The van der Waals surface area contributed by atoms with Crippen LogP contribution >= 0.6 is 0 Å². The number of amides is 1. The van der Waals surface area contributed by atoms with E-state index in [1.54, 1.807) is 28.9 Å². The third kappa shape index (κ3) is 3.40. The molecule has 1 amide bonds. The van der Waals surface area contributed by atoms with Crippen molar-refractivity contribution in [1.29, 1.82) is 0 Å². The van der Waals surface area contributed by atoms with Crippen LogP contribution in [0, 0.1) is 5.92 Å². The van der Waals surface area contributed by atoms with Gasteiger partial charge in [-0.2, -0.15) is 5.10 Å². The van der Waals surface area contributed by atoms with Gasteiger partial charge in [0, 0.05) is 38.2 Å². The van der Waals surface area contributed by atoms with Gasteiger partial charge in [-0.05, 0) is 12.1 Å². The number of nitrogens with zero attached hydrogens (tertiary/aromatic N) is 4. The molecule has 2 aromatic heterocycles. The summed E-state index contributed by atoms with van der Waals surface area (Å²) in [7, 11) is -1.86. The number of carbonyl (C=O) groups is 1. The Hall–Kier alpha value is -2.26. The molecule has 2 N–H and O–H groups in total. The minimum atomic E-state index is -3.60. The number of nitrogens with two attached hydrogens (primary N) is 1. The van der Waals surface area contributed by atoms with Crippen LogP contribution in [0.1, 0.15) is 6.42 Å². The number of primary sulfonamides is 1. The molecule has 0 aliphatic carbocycles. The predicted molar refractivity (Wildman–Crippen MR) is 84.9 cm³/mol. The average molecular weight is 335 g/mol. The number of aromatic nitrogens is 3. The lowest BCUT2D eigenvalue weighted by molar-refractivity contribution is -0.117. The largest absolute Gasteiger partial charge is 0.297 e. The van der Waals surface area contributed by atoms with Crippen LogP contribution in [0.3, 0.4) is 0 Å². The van der Waals surface area contributed by atoms with Crippen LogP contribution in [-0.4, -0.2) is 41.4 Å². The SMILES string of the molecule is Cn1nc(-c2ccccn2)cc1N1CC(CS(N)(=O)=O)CC1=O. The standard InChI is InChI=1S/C14H17N5O3S/c1-18-13(7-12(17-18)11-4-2-3-5-16-11)19-8-10(6-14(19)20)9-23(15,21)22/h2-5,7,10H,6,8-9H2,1H3,(H2,15,21,22). The zero-order chi connectivity index (χ0) is 16.6. The van der Waals surface area contributed by atoms with E-state index in [9.17, 15) is 13.2 Å². The molecule has 2 aromatic rings. The van der Waals surface area contributed by atoms with Gasteiger partial charge in [-0.15, -0.1) is 0 Å². The molecular formula is C14H17N5O3S. The van der Waals surface area contributed by atoms with Crippen LogP contribution in [0.15, 0.2) is 30.5 Å². The van der Waals surface area contributed by atoms with Gasteiger partial charge in [-0.25, -0.2) is 13.6 Å². The minimum absolute atomic E-state index is 0.130. The Morgan fingerprint density at radius 2 is 2.13 bits per heavy atom. The van der Waals surface area contributed by atoms with E-state index in [4.69, 9.17) is 5.14 Å². The Morgan fingerprint density at radius 1 is 1.35 bits per heavy atom. The van der Waals surface area contributed by atoms with Gasteiger partial charge < -0.3 is 0 Å². The van der Waals surface area contributed by atoms with Gasteiger partial charge in [0.1, 0.15) is 11.5 Å². The average Bonchev–Trinajstić information content (AvgIpc) is 3.01. The van der Waals surface area contributed by atoms with Crippen molar-refractivity contribution in [3.8, 4) is 11.4 Å². The van der Waals surface area contributed by atoms with Gasteiger partial charge >= 0.3 is 0 Å². The molecule has 3 heterocycles. The van der Waals surface area contributed by atoms with Crippen LogP contribution in [0.4, 0.5) is 5.82 Å². The van der Waals surface area contributed by atoms with Crippen molar-refractivity contribution < 1.29 is 13.2 Å². The Kier molecular flexibility index (Phi) is 3.90. The second-order valence-corrected chi connectivity index (χ2v) is 7.29. The highest BCUT2D eigenvalue weighted by Gasteiger charge is 2.34. The van der Waals surface area contributed by atoms with Crippen molar-refractivity contribution in [1.82, 2.24) is 14.8 Å². The normalized spacial score (nSPS) is 18.6. The summed E-state index contributed by atoms with van der Waals surface area (Å²) in [5.74, 6) is -0.00676. The zero-order valence-corrected chi connectivity index (χ0v) is 13.4. The molecule has 1 saturated heterocycles. The second kappa shape index (κ2) is 5.74. The highest BCUT2D eigenvalue weighted by atomic mass is 32.2. The van der Waals surface area contributed by atoms with E-state index in [-0.39, 0.29) is 24.0 Å². The number of carbonyl (C=O) groups excluding carboxylic acids is 1. The molecule has 9 heteroatoms. The summed E-state index contributed by atoms with van der Waals surface area (Å²) < 4.78 is 24.0. The number of sulfonamides is 1. The van der Waals surface area contributed by atoms with Crippen LogP contribution in [0.2, 0.25) is 0 Å². The molecule has 1 aliphatic rings. The molecule has 8 nitrogen and oxygen atoms in total. The first-order valence-electron chi connectivity index (χ1n) is 7.10. The quantitative estimate of drug-likeness (QED) is 0.853. The first-order chi connectivity index (χ1) is 10.8. The third-order valence-electron chi connectivity index (χ3n) is 3.73. The summed E-state index contributed by atoms with van der Waals surface area (Å²) in [4.78, 5) is 18.0. The van der Waals surface area contributed by atoms with Gasteiger partial charge in [0.25, 0.3) is 0 Å². The van der Waals surface area contributed by atoms with Crippen molar-refractivity contribution in [3.05, 3.63) is 30.5 Å². The van der Waals surface area contributed by atoms with Gasteiger partial charge in [-0.3, -0.25) is 19.4 Å². The molecule has 1 atom stereocenters. The molecule has 0 bridgehead atoms. The molecule has 1 fully saturated rings. The minimum Gasteiger partial charge on any atom is -0.297 e. The molecule has 0 aromatic carbocycles. The number of rotatable bonds is 4. The monoisotopic (exact) mass is 335 g/mol. The molecule has 0 saturated carbocycles. The lowest BCUT2D eigenvalue weighted by Gasteiger charge is -2.16. The maximum absolute atomic E-state index is 12.2. The lowest BCUT2D eigenvalue weighted by atomic mass is 10.1. The molecule has 1 aliphatic heterocycles. The third-order valence-corrected chi connectivity index (χ3v) is 4.67. The van der Waals surface area contributed by atoms with Crippen LogP contribution in [0.5, 0.6) is 0 Å². The Bertz CT molecular complexity index is 831. The molecule has 1 unspecified atom stereocenters. The van der Waals surface area contributed by atoms with Crippen molar-refractivity contribution in [2.75, 3.05) is 17.2 Å². The highest BCUT2D eigenvalue weighted by molar-refractivity contribution is 7.89. The Morgan fingerprint density at radius 3 is 2.78 bits per heavy atom. The number of hydrogen-bond acceptors (Lipinski definition) is 5. The predicted octanol–water partition coefficient (Wildman–Crippen LogP) is 0.124. The molecule has 0 radical (unpaired) electrons. The van der Waals surface area contributed by atoms with Crippen LogP contribution < -0.4 is 10.0 Å². The maximum atomic E-state index is 12.2. The first-order valence-corrected chi connectivity index (χ1v) is 8.81. The molecule has 3 rings (SSSR count). The highest BCUT2D eigenvalue weighted by Crippen LogP contribution is 2.28. The number of hydrogen-bond donors (Lipinski definition) is 1. The van der Waals surface area contributed by atoms with Crippen molar-refractivity contribution >= 4 is 21.7 Å². The molecular weight excluding hydrogens is 318 g/mol. The molecule has 122 valence electrons. The van der Waals surface area contributed by atoms with Crippen LogP contribution in [0.25, 0.3) is 11.4 Å². The van der Waals surface area contributed by atoms with E-state index in [0.29, 0.717) is 23.8 Å². The number of aryl methyl sites for hydroxylation is 1. The van der Waals surface area contributed by atoms with E-state index in [2.05, 4.69) is 10.1 Å². The van der Waals surface area contributed by atoms with E-state index < -0.39 is 10.0 Å². The lowest BCUT2D eigenvalue weighted by Crippen LogP contribution is -2.28. The van der Waals surface area contributed by atoms with Gasteiger partial charge in [0.2, 0.25) is 15.9 Å². The smallest absolute Gasteiger partial charge is 0.228 e. The zero-order valence-electron chi connectivity index (χ0n) is 12.6. The van der Waals surface area contributed by atoms with E-state index >= 15 is 0 Å². The summed E-state index contributed by atoms with van der Waals surface area (Å²) in [6, 6.07) is 7.29. The summed E-state index contributed by atoms with van der Waals surface area (Å²) in [6.07, 6.45) is 1.84. The van der Waals surface area contributed by atoms with Crippen molar-refractivity contribution in [2.24, 2.45) is 18.1 Å². The van der Waals surface area contributed by atoms with Gasteiger partial charge in [0.15, 0.2) is 0 Å². The van der Waals surface area contributed by atoms with Crippen molar-refractivity contribution in [2.45, 2.75) is 6.42 Å². The van der Waals surface area contributed by atoms with Gasteiger partial charge in [-0.1, -0.05) is 6.07 Å². The maximum Gasteiger partial charge on any atom is 0.228 e. The molecule has 23 heavy (non-hydrogen) atoms. The molecule has 0 spiro atoms. The van der Waals surface area contributed by atoms with Crippen molar-refractivity contribution in [3.63, 3.8) is 0 Å². The van der Waals surface area contributed by atoms with E-state index in [0.717, 1.165) is 0 Å². The fourth-order valence-corrected chi connectivity index (χ4v) is 3.67.